The summed E-state index contributed by atoms with van der Waals surface area (Å²) in [5.74, 6) is 3.48. The molecule has 2 aromatic rings. The van der Waals surface area contributed by atoms with Gasteiger partial charge >= 0.3 is 0 Å². The van der Waals surface area contributed by atoms with Crippen LogP contribution in [0, 0.1) is 17.7 Å². The van der Waals surface area contributed by atoms with E-state index in [9.17, 15) is 4.39 Å². The summed E-state index contributed by atoms with van der Waals surface area (Å²) in [4.78, 5) is 14.4. The minimum atomic E-state index is -0.244. The van der Waals surface area contributed by atoms with Crippen molar-refractivity contribution in [2.75, 3.05) is 41.3 Å². The van der Waals surface area contributed by atoms with Gasteiger partial charge in [0.15, 0.2) is 5.11 Å². The maximum absolute atomic E-state index is 13.1. The van der Waals surface area contributed by atoms with Crippen molar-refractivity contribution in [1.29, 1.82) is 0 Å². The maximum atomic E-state index is 13.1. The second-order valence-electron chi connectivity index (χ2n) is 9.24. The fourth-order valence-corrected chi connectivity index (χ4v) is 4.87. The molecule has 2 unspecified atom stereocenters. The second-order valence-corrected chi connectivity index (χ2v) is 9.65. The summed E-state index contributed by atoms with van der Waals surface area (Å²) in [6.07, 6.45) is 4.91. The van der Waals surface area contributed by atoms with E-state index in [1.807, 2.05) is 0 Å². The summed E-state index contributed by atoms with van der Waals surface area (Å²) >= 11 is 5.49. The molecule has 0 radical (unpaired) electrons. The van der Waals surface area contributed by atoms with Crippen molar-refractivity contribution in [2.45, 2.75) is 46.1 Å². The number of anilines is 3. The molecule has 6 nitrogen and oxygen atoms in total. The van der Waals surface area contributed by atoms with Crippen molar-refractivity contribution in [3.05, 3.63) is 41.7 Å². The molecule has 3 heterocycles. The van der Waals surface area contributed by atoms with Gasteiger partial charge in [0.2, 0.25) is 5.95 Å². The number of nitrogens with one attached hydrogen (secondary N) is 2. The van der Waals surface area contributed by atoms with Crippen LogP contribution < -0.4 is 20.4 Å². The summed E-state index contributed by atoms with van der Waals surface area (Å²) in [5.41, 5.74) is 0.954. The SMILES string of the molecule is CC1CC(C)CN(c2cc(N3CCCCC3)nc(NC(=S)NCc3ccc(F)cc3)n2)C1. The lowest BCUT2D eigenvalue weighted by atomic mass is 9.92. The van der Waals surface area contributed by atoms with Crippen molar-refractivity contribution in [3.63, 3.8) is 0 Å². The van der Waals surface area contributed by atoms with Gasteiger partial charge in [-0.15, -0.1) is 0 Å². The lowest BCUT2D eigenvalue weighted by molar-refractivity contribution is 0.355. The number of aromatic nitrogens is 2. The van der Waals surface area contributed by atoms with Gasteiger partial charge in [0.1, 0.15) is 17.5 Å². The van der Waals surface area contributed by atoms with E-state index in [0.717, 1.165) is 43.4 Å². The Hall–Kier alpha value is -2.48. The van der Waals surface area contributed by atoms with E-state index < -0.39 is 0 Å². The Kier molecular flexibility index (Phi) is 7.40. The minimum absolute atomic E-state index is 0.244. The standard InChI is InChI=1S/C24H33FN6S/c1-17-12-18(2)16-31(15-17)22-13-21(30-10-4-3-5-11-30)27-23(28-22)29-24(32)26-14-19-6-8-20(25)9-7-19/h6-9,13,17-18H,3-5,10-12,14-16H2,1-2H3,(H2,26,27,28,29,32). The average Bonchev–Trinajstić information content (AvgIpc) is 2.78. The van der Waals surface area contributed by atoms with E-state index in [1.54, 1.807) is 12.1 Å². The van der Waals surface area contributed by atoms with Crippen molar-refractivity contribution >= 4 is 34.9 Å². The van der Waals surface area contributed by atoms with Crippen molar-refractivity contribution in [2.24, 2.45) is 11.8 Å². The molecule has 4 rings (SSSR count). The van der Waals surface area contributed by atoms with Crippen molar-refractivity contribution < 1.29 is 4.39 Å². The third-order valence-corrected chi connectivity index (χ3v) is 6.41. The van der Waals surface area contributed by atoms with E-state index in [2.05, 4.69) is 40.3 Å². The highest BCUT2D eigenvalue weighted by Gasteiger charge is 2.25. The highest BCUT2D eigenvalue weighted by Crippen LogP contribution is 2.29. The zero-order valence-corrected chi connectivity index (χ0v) is 19.8. The smallest absolute Gasteiger partial charge is 0.232 e. The third kappa shape index (κ3) is 6.06. The number of thiocarbonyl (C=S) groups is 1. The molecule has 0 aliphatic carbocycles. The van der Waals surface area contributed by atoms with Gasteiger partial charge in [-0.2, -0.15) is 9.97 Å². The molecular formula is C24H33FN6S. The van der Waals surface area contributed by atoms with Crippen LogP contribution in [0.3, 0.4) is 0 Å². The third-order valence-electron chi connectivity index (χ3n) is 6.16. The largest absolute Gasteiger partial charge is 0.358 e. The Morgan fingerprint density at radius 2 is 1.62 bits per heavy atom. The van der Waals surface area contributed by atoms with Crippen LogP contribution in [0.2, 0.25) is 0 Å². The number of benzene rings is 1. The zero-order chi connectivity index (χ0) is 22.5. The molecule has 0 amide bonds. The van der Waals surface area contributed by atoms with Gasteiger partial charge in [0, 0.05) is 38.8 Å². The summed E-state index contributed by atoms with van der Waals surface area (Å²) < 4.78 is 13.1. The molecule has 2 atom stereocenters. The van der Waals surface area contributed by atoms with E-state index in [-0.39, 0.29) is 5.82 Å². The van der Waals surface area contributed by atoms with Gasteiger partial charge in [0.05, 0.1) is 0 Å². The first-order valence-corrected chi connectivity index (χ1v) is 12.1. The molecule has 0 spiro atoms. The highest BCUT2D eigenvalue weighted by molar-refractivity contribution is 7.80. The molecule has 1 aromatic heterocycles. The normalized spacial score (nSPS) is 21.3. The van der Waals surface area contributed by atoms with Gasteiger partial charge in [-0.25, -0.2) is 4.39 Å². The topological polar surface area (TPSA) is 56.3 Å². The maximum Gasteiger partial charge on any atom is 0.232 e. The van der Waals surface area contributed by atoms with E-state index >= 15 is 0 Å². The molecule has 1 aromatic carbocycles. The van der Waals surface area contributed by atoms with E-state index in [0.29, 0.717) is 29.4 Å². The quantitative estimate of drug-likeness (QED) is 0.639. The second kappa shape index (κ2) is 10.4. The Bertz CT molecular complexity index is 905. The molecule has 2 N–H and O–H groups in total. The fourth-order valence-electron chi connectivity index (χ4n) is 4.71. The molecular weight excluding hydrogens is 423 g/mol. The monoisotopic (exact) mass is 456 g/mol. The number of rotatable bonds is 5. The summed E-state index contributed by atoms with van der Waals surface area (Å²) in [6, 6.07) is 8.53. The summed E-state index contributed by atoms with van der Waals surface area (Å²) in [7, 11) is 0. The van der Waals surface area contributed by atoms with E-state index in [1.165, 1.54) is 37.8 Å². The van der Waals surface area contributed by atoms with Gasteiger partial charge in [0.25, 0.3) is 0 Å². The van der Waals surface area contributed by atoms with Crippen LogP contribution in [0.4, 0.5) is 22.0 Å². The van der Waals surface area contributed by atoms with Crippen LogP contribution in [-0.4, -0.2) is 41.3 Å². The predicted octanol–water partition coefficient (Wildman–Crippen LogP) is 4.57. The van der Waals surface area contributed by atoms with Crippen LogP contribution in [0.5, 0.6) is 0 Å². The lowest BCUT2D eigenvalue weighted by Gasteiger charge is -2.36. The first kappa shape index (κ1) is 22.7. The molecule has 2 aliphatic rings. The van der Waals surface area contributed by atoms with Gasteiger partial charge in [-0.3, -0.25) is 0 Å². The number of halogens is 1. The molecule has 2 aliphatic heterocycles. The molecule has 8 heteroatoms. The van der Waals surface area contributed by atoms with Crippen molar-refractivity contribution in [1.82, 2.24) is 15.3 Å². The van der Waals surface area contributed by atoms with Gasteiger partial charge in [-0.05, 0) is 67.4 Å². The Labute approximate surface area is 195 Å². The Balaban J connectivity index is 1.50. The zero-order valence-electron chi connectivity index (χ0n) is 19.0. The van der Waals surface area contributed by atoms with Crippen LogP contribution in [0.1, 0.15) is 45.1 Å². The van der Waals surface area contributed by atoms with Crippen LogP contribution in [-0.2, 0) is 6.54 Å². The Morgan fingerprint density at radius 3 is 2.28 bits per heavy atom. The first-order chi connectivity index (χ1) is 15.5. The molecule has 32 heavy (non-hydrogen) atoms. The summed E-state index contributed by atoms with van der Waals surface area (Å²) in [5, 5.41) is 6.80. The number of piperidine rings is 2. The number of nitrogens with zero attached hydrogens (tertiary/aromatic N) is 4. The van der Waals surface area contributed by atoms with Crippen LogP contribution in [0.25, 0.3) is 0 Å². The summed E-state index contributed by atoms with van der Waals surface area (Å²) in [6.45, 7) is 9.19. The lowest BCUT2D eigenvalue weighted by Crippen LogP contribution is -2.40. The first-order valence-electron chi connectivity index (χ1n) is 11.6. The molecule has 172 valence electrons. The molecule has 2 saturated heterocycles. The number of hydrogen-bond donors (Lipinski definition) is 2. The minimum Gasteiger partial charge on any atom is -0.358 e. The molecule has 0 bridgehead atoms. The van der Waals surface area contributed by atoms with Crippen molar-refractivity contribution in [3.8, 4) is 0 Å². The van der Waals surface area contributed by atoms with Gasteiger partial charge < -0.3 is 20.4 Å². The van der Waals surface area contributed by atoms with Gasteiger partial charge in [-0.1, -0.05) is 26.0 Å². The predicted molar refractivity (Wildman–Crippen MR) is 133 cm³/mol. The fraction of sp³-hybridized carbons (Fsp3) is 0.542. The average molecular weight is 457 g/mol. The number of hydrogen-bond acceptors (Lipinski definition) is 5. The highest BCUT2D eigenvalue weighted by atomic mass is 32.1. The Morgan fingerprint density at radius 1 is 1.00 bits per heavy atom. The van der Waals surface area contributed by atoms with Crippen LogP contribution in [0.15, 0.2) is 30.3 Å². The van der Waals surface area contributed by atoms with E-state index in [4.69, 9.17) is 22.2 Å². The van der Waals surface area contributed by atoms with Crippen LogP contribution >= 0.6 is 12.2 Å². The molecule has 2 fully saturated rings. The molecule has 0 saturated carbocycles.